The van der Waals surface area contributed by atoms with Gasteiger partial charge in [-0.2, -0.15) is 18.4 Å². The minimum absolute atomic E-state index is 0. The van der Waals surface area contributed by atoms with Crippen LogP contribution in [0.2, 0.25) is 0 Å². The lowest BCUT2D eigenvalue weighted by molar-refractivity contribution is -0.137. The zero-order valence-corrected chi connectivity index (χ0v) is 24.9. The first-order valence-electron chi connectivity index (χ1n) is 14.9. The second kappa shape index (κ2) is 14.9. The summed E-state index contributed by atoms with van der Waals surface area (Å²) < 4.78 is 40.1. The van der Waals surface area contributed by atoms with Crippen LogP contribution in [0.5, 0.6) is 0 Å². The van der Waals surface area contributed by atoms with Crippen LogP contribution in [0.15, 0.2) is 36.5 Å². The standard InChI is InChI=1S/C32H37F3N6O.ClH/c33-32(34,35)29-19-28(5-4-27(29)20-36)41-17-11-26(12-18-41)31(42)39-30-6-3-24(21-38-30)2-1-23-9-15-40(16-10-23)22-25-7-13-37-14-8-25;/h3-6,19,21,23,25-26,37H,7-18,22H2,(H,38,39,42);1H. The van der Waals surface area contributed by atoms with Crippen LogP contribution in [-0.4, -0.2) is 61.6 Å². The minimum atomic E-state index is -4.60. The van der Waals surface area contributed by atoms with Gasteiger partial charge in [0.05, 0.1) is 17.2 Å². The summed E-state index contributed by atoms with van der Waals surface area (Å²) in [7, 11) is 0. The smallest absolute Gasteiger partial charge is 0.371 e. The number of carbonyl (C=O) groups is 1. The zero-order valence-electron chi connectivity index (χ0n) is 24.1. The molecule has 2 aromatic rings. The molecule has 0 radical (unpaired) electrons. The van der Waals surface area contributed by atoms with E-state index < -0.39 is 17.3 Å². The fourth-order valence-corrected chi connectivity index (χ4v) is 6.11. The van der Waals surface area contributed by atoms with Gasteiger partial charge in [-0.25, -0.2) is 4.98 Å². The van der Waals surface area contributed by atoms with Crippen molar-refractivity contribution in [1.29, 1.82) is 5.26 Å². The molecule has 0 bridgehead atoms. The molecule has 4 heterocycles. The third-order valence-corrected chi connectivity index (χ3v) is 8.66. The molecular weight excluding hydrogens is 577 g/mol. The lowest BCUT2D eigenvalue weighted by Crippen LogP contribution is -2.40. The van der Waals surface area contributed by atoms with E-state index in [0.29, 0.717) is 43.4 Å². The van der Waals surface area contributed by atoms with Crippen LogP contribution in [-0.2, 0) is 11.0 Å². The number of hydrogen-bond donors (Lipinski definition) is 2. The quantitative estimate of drug-likeness (QED) is 0.444. The number of likely N-dealkylation sites (tertiary alicyclic amines) is 1. The van der Waals surface area contributed by atoms with E-state index in [1.165, 1.54) is 31.5 Å². The van der Waals surface area contributed by atoms with Crippen LogP contribution in [0.3, 0.4) is 0 Å². The van der Waals surface area contributed by atoms with E-state index in [0.717, 1.165) is 56.6 Å². The number of halogens is 4. The van der Waals surface area contributed by atoms with Crippen molar-refractivity contribution >= 4 is 29.8 Å². The number of anilines is 2. The van der Waals surface area contributed by atoms with Crippen LogP contribution in [0.4, 0.5) is 24.7 Å². The molecule has 3 saturated heterocycles. The number of nitrogens with one attached hydrogen (secondary N) is 2. The topological polar surface area (TPSA) is 84.3 Å². The molecule has 3 aliphatic rings. The number of nitriles is 1. The Balaban J connectivity index is 0.00000423. The van der Waals surface area contributed by atoms with Crippen molar-refractivity contribution in [3.05, 3.63) is 53.2 Å². The number of hydrogen-bond acceptors (Lipinski definition) is 6. The molecule has 0 unspecified atom stereocenters. The molecular formula is C32H38ClF3N6O. The van der Waals surface area contributed by atoms with Crippen molar-refractivity contribution < 1.29 is 18.0 Å². The van der Waals surface area contributed by atoms with Gasteiger partial charge in [0, 0.05) is 48.9 Å². The molecule has 230 valence electrons. The predicted molar refractivity (Wildman–Crippen MR) is 163 cm³/mol. The number of amides is 1. The summed E-state index contributed by atoms with van der Waals surface area (Å²) >= 11 is 0. The van der Waals surface area contributed by atoms with Gasteiger partial charge in [-0.1, -0.05) is 11.8 Å². The zero-order chi connectivity index (χ0) is 29.5. The molecule has 11 heteroatoms. The number of piperidine rings is 3. The normalized spacial score (nSPS) is 19.1. The number of aromatic nitrogens is 1. The van der Waals surface area contributed by atoms with Gasteiger partial charge < -0.3 is 20.4 Å². The highest BCUT2D eigenvalue weighted by Gasteiger charge is 2.35. The number of benzene rings is 1. The van der Waals surface area contributed by atoms with Gasteiger partial charge in [-0.3, -0.25) is 4.79 Å². The van der Waals surface area contributed by atoms with E-state index in [4.69, 9.17) is 5.26 Å². The summed E-state index contributed by atoms with van der Waals surface area (Å²) in [5.41, 5.74) is -0.107. The maximum absolute atomic E-state index is 13.4. The summed E-state index contributed by atoms with van der Waals surface area (Å²) in [5.74, 6) is 7.92. The molecule has 1 amide bonds. The average Bonchev–Trinajstić information content (AvgIpc) is 3.01. The van der Waals surface area contributed by atoms with Gasteiger partial charge in [0.15, 0.2) is 0 Å². The Morgan fingerprint density at radius 2 is 1.74 bits per heavy atom. The van der Waals surface area contributed by atoms with Crippen LogP contribution < -0.4 is 15.5 Å². The molecule has 3 fully saturated rings. The SMILES string of the molecule is Cl.N#Cc1ccc(N2CCC(C(=O)Nc3ccc(C#CC4CCN(CC5CCNCC5)CC4)cn3)CC2)cc1C(F)(F)F. The summed E-state index contributed by atoms with van der Waals surface area (Å²) in [4.78, 5) is 21.6. The maximum atomic E-state index is 13.4. The number of alkyl halides is 3. The molecule has 5 rings (SSSR count). The van der Waals surface area contributed by atoms with E-state index in [-0.39, 0.29) is 24.2 Å². The van der Waals surface area contributed by atoms with Gasteiger partial charge in [0.1, 0.15) is 5.82 Å². The third kappa shape index (κ3) is 8.86. The van der Waals surface area contributed by atoms with Crippen LogP contribution >= 0.6 is 12.4 Å². The molecule has 0 saturated carbocycles. The van der Waals surface area contributed by atoms with Gasteiger partial charge in [-0.05, 0) is 101 Å². The van der Waals surface area contributed by atoms with Gasteiger partial charge in [0.2, 0.25) is 5.91 Å². The molecule has 1 aromatic carbocycles. The number of nitrogens with zero attached hydrogens (tertiary/aromatic N) is 4. The first-order chi connectivity index (χ1) is 20.3. The van der Waals surface area contributed by atoms with E-state index in [9.17, 15) is 18.0 Å². The highest BCUT2D eigenvalue weighted by Crippen LogP contribution is 2.35. The average molecular weight is 615 g/mol. The van der Waals surface area contributed by atoms with Crippen molar-refractivity contribution in [2.24, 2.45) is 17.8 Å². The minimum Gasteiger partial charge on any atom is -0.371 e. The van der Waals surface area contributed by atoms with E-state index in [1.54, 1.807) is 18.3 Å². The highest BCUT2D eigenvalue weighted by atomic mass is 35.5. The molecule has 43 heavy (non-hydrogen) atoms. The van der Waals surface area contributed by atoms with Crippen molar-refractivity contribution in [1.82, 2.24) is 15.2 Å². The Bertz CT molecular complexity index is 1330. The van der Waals surface area contributed by atoms with E-state index in [2.05, 4.69) is 32.4 Å². The fourth-order valence-electron chi connectivity index (χ4n) is 6.11. The molecule has 1 aromatic heterocycles. The first-order valence-corrected chi connectivity index (χ1v) is 14.9. The van der Waals surface area contributed by atoms with Gasteiger partial charge in [0.25, 0.3) is 0 Å². The lowest BCUT2D eigenvalue weighted by Gasteiger charge is -2.34. The van der Waals surface area contributed by atoms with Crippen molar-refractivity contribution in [3.63, 3.8) is 0 Å². The van der Waals surface area contributed by atoms with Crippen molar-refractivity contribution in [2.75, 3.05) is 56.0 Å². The first kappa shape index (κ1) is 32.6. The van der Waals surface area contributed by atoms with Crippen molar-refractivity contribution in [2.45, 2.75) is 44.7 Å². The second-order valence-electron chi connectivity index (χ2n) is 11.6. The monoisotopic (exact) mass is 614 g/mol. The number of pyridine rings is 1. The predicted octanol–water partition coefficient (Wildman–Crippen LogP) is 5.31. The number of carbonyl (C=O) groups excluding carboxylic acids is 1. The summed E-state index contributed by atoms with van der Waals surface area (Å²) in [5, 5.41) is 15.3. The third-order valence-electron chi connectivity index (χ3n) is 8.66. The van der Waals surface area contributed by atoms with Crippen LogP contribution in [0.1, 0.15) is 55.2 Å². The number of rotatable bonds is 5. The van der Waals surface area contributed by atoms with Crippen LogP contribution in [0.25, 0.3) is 0 Å². The largest absolute Gasteiger partial charge is 0.417 e. The molecule has 0 aliphatic carbocycles. The van der Waals surface area contributed by atoms with Gasteiger partial charge in [-0.15, -0.1) is 12.4 Å². The Morgan fingerprint density at radius 3 is 2.37 bits per heavy atom. The highest BCUT2D eigenvalue weighted by molar-refractivity contribution is 5.91. The van der Waals surface area contributed by atoms with Gasteiger partial charge >= 0.3 is 6.18 Å². The second-order valence-corrected chi connectivity index (χ2v) is 11.6. The van der Waals surface area contributed by atoms with Crippen molar-refractivity contribution in [3.8, 4) is 17.9 Å². The molecule has 2 N–H and O–H groups in total. The Morgan fingerprint density at radius 1 is 1.02 bits per heavy atom. The molecule has 0 spiro atoms. The Labute approximate surface area is 257 Å². The van der Waals surface area contributed by atoms with E-state index in [1.807, 2.05) is 11.0 Å². The van der Waals surface area contributed by atoms with Crippen LogP contribution in [0, 0.1) is 40.9 Å². The fraction of sp³-hybridized carbons (Fsp3) is 0.531. The Kier molecular flexibility index (Phi) is 11.3. The summed E-state index contributed by atoms with van der Waals surface area (Å²) in [6.07, 6.45) is 2.83. The maximum Gasteiger partial charge on any atom is 0.417 e. The summed E-state index contributed by atoms with van der Waals surface area (Å²) in [6.45, 7) is 6.58. The molecule has 0 atom stereocenters. The molecule has 3 aliphatic heterocycles. The summed E-state index contributed by atoms with van der Waals surface area (Å²) in [6, 6.07) is 8.99. The van der Waals surface area contributed by atoms with E-state index >= 15 is 0 Å². The lowest BCUT2D eigenvalue weighted by atomic mass is 9.93. The Hall–Kier alpha value is -3.31. The molecule has 7 nitrogen and oxygen atoms in total.